The molecule has 1 fully saturated rings. The number of aliphatic hydroxyl groups excluding tert-OH is 1. The van der Waals surface area contributed by atoms with Crippen LogP contribution < -0.4 is 10.1 Å². The monoisotopic (exact) mass is 511 g/mol. The van der Waals surface area contributed by atoms with E-state index in [4.69, 9.17) is 0 Å². The molecule has 34 heavy (non-hydrogen) atoms. The van der Waals surface area contributed by atoms with E-state index in [1.807, 2.05) is 0 Å². The highest BCUT2D eigenvalue weighted by molar-refractivity contribution is 8.04. The molecule has 1 aromatic heterocycles. The number of carboxylic acid groups (broad SMARTS) is 1. The number of hydrogen-bond acceptors (Lipinski definition) is 8. The van der Waals surface area contributed by atoms with Gasteiger partial charge >= 0.3 is 12.6 Å². The van der Waals surface area contributed by atoms with E-state index >= 15 is 0 Å². The van der Waals surface area contributed by atoms with Crippen molar-refractivity contribution in [2.45, 2.75) is 36.9 Å². The van der Waals surface area contributed by atoms with Crippen LogP contribution in [0.2, 0.25) is 0 Å². The van der Waals surface area contributed by atoms with Crippen molar-refractivity contribution in [3.8, 4) is 5.75 Å². The van der Waals surface area contributed by atoms with Gasteiger partial charge in [-0.1, -0.05) is 24.8 Å². The van der Waals surface area contributed by atoms with Gasteiger partial charge in [0.05, 0.1) is 18.1 Å². The number of carboxylic acids is 1. The van der Waals surface area contributed by atoms with Crippen molar-refractivity contribution >= 4 is 46.6 Å². The fourth-order valence-electron chi connectivity index (χ4n) is 4.10. The Bertz CT molecular complexity index is 1180. The third-order valence-corrected chi connectivity index (χ3v) is 7.76. The standard InChI is InChI=1S/C21H19F2N3O6S2/c1-8-14-13(9(2)27)18(29)26(14)15(19(30)31)16(8)34-21-25-12(7-33-21)17(28)24-10-4-3-5-11(6-10)32-20(22)23/h3-9,13-14,20,27H,1-2H3,(H,24,28)(H,30,31)/t8-,9-,13-,14-/m1/s1. The molecule has 0 unspecified atom stereocenters. The predicted molar refractivity (Wildman–Crippen MR) is 119 cm³/mol. The van der Waals surface area contributed by atoms with Gasteiger partial charge < -0.3 is 25.2 Å². The van der Waals surface area contributed by atoms with E-state index in [1.54, 1.807) is 6.92 Å². The number of nitrogens with one attached hydrogen (secondary N) is 1. The lowest BCUT2D eigenvalue weighted by Gasteiger charge is -2.46. The Morgan fingerprint density at radius 1 is 1.35 bits per heavy atom. The van der Waals surface area contributed by atoms with Crippen LogP contribution in [0.25, 0.3) is 0 Å². The number of nitrogens with zero attached hydrogens (tertiary/aromatic N) is 2. The van der Waals surface area contributed by atoms with Crippen molar-refractivity contribution in [2.24, 2.45) is 11.8 Å². The van der Waals surface area contributed by atoms with Gasteiger partial charge in [0, 0.05) is 28.0 Å². The summed E-state index contributed by atoms with van der Waals surface area (Å²) in [5.41, 5.74) is 0.149. The number of amides is 2. The van der Waals surface area contributed by atoms with Crippen molar-refractivity contribution in [2.75, 3.05) is 5.32 Å². The maximum absolute atomic E-state index is 12.6. The summed E-state index contributed by atoms with van der Waals surface area (Å²) in [5, 5.41) is 23.7. The molecule has 0 bridgehead atoms. The Hall–Kier alpha value is -3.03. The van der Waals surface area contributed by atoms with E-state index in [0.717, 1.165) is 23.1 Å². The van der Waals surface area contributed by atoms with Crippen LogP contribution in [0.5, 0.6) is 5.75 Å². The number of hydrogen-bond donors (Lipinski definition) is 3. The molecule has 0 saturated carbocycles. The lowest BCUT2D eigenvalue weighted by Crippen LogP contribution is -2.63. The van der Waals surface area contributed by atoms with Crippen LogP contribution >= 0.6 is 23.1 Å². The normalized spacial score (nSPS) is 22.5. The van der Waals surface area contributed by atoms with Gasteiger partial charge in [-0.25, -0.2) is 9.78 Å². The zero-order valence-corrected chi connectivity index (χ0v) is 19.4. The number of benzene rings is 1. The van der Waals surface area contributed by atoms with E-state index in [1.165, 1.54) is 41.5 Å². The highest BCUT2D eigenvalue weighted by Gasteiger charge is 2.60. The van der Waals surface area contributed by atoms with Crippen LogP contribution in [0.4, 0.5) is 14.5 Å². The second kappa shape index (κ2) is 9.31. The Kier molecular flexibility index (Phi) is 6.60. The summed E-state index contributed by atoms with van der Waals surface area (Å²) in [5.74, 6) is -3.40. The smallest absolute Gasteiger partial charge is 0.387 e. The number of halogens is 2. The Morgan fingerprint density at radius 2 is 2.09 bits per heavy atom. The number of aromatic nitrogens is 1. The molecule has 2 amide bonds. The Balaban J connectivity index is 1.50. The van der Waals surface area contributed by atoms with Crippen molar-refractivity contribution in [3.05, 3.63) is 45.9 Å². The number of aliphatic hydroxyl groups is 1. The summed E-state index contributed by atoms with van der Waals surface area (Å²) in [6, 6.07) is 5.07. The van der Waals surface area contributed by atoms with Crippen molar-refractivity contribution < 1.29 is 38.1 Å². The first kappa shape index (κ1) is 24.1. The van der Waals surface area contributed by atoms with Crippen LogP contribution in [0, 0.1) is 11.8 Å². The molecule has 2 aliphatic rings. The van der Waals surface area contributed by atoms with E-state index < -0.39 is 42.5 Å². The summed E-state index contributed by atoms with van der Waals surface area (Å²) in [7, 11) is 0. The Labute approximate surface area is 200 Å². The maximum Gasteiger partial charge on any atom is 0.387 e. The lowest BCUT2D eigenvalue weighted by atomic mass is 9.79. The van der Waals surface area contributed by atoms with Gasteiger partial charge in [-0.2, -0.15) is 8.78 Å². The van der Waals surface area contributed by atoms with Gasteiger partial charge in [-0.3, -0.25) is 9.59 Å². The number of anilines is 1. The minimum Gasteiger partial charge on any atom is -0.477 e. The molecule has 9 nitrogen and oxygen atoms in total. The summed E-state index contributed by atoms with van der Waals surface area (Å²) in [4.78, 5) is 42.8. The number of ether oxygens (including phenoxy) is 1. The second-order valence-corrected chi connectivity index (χ2v) is 9.88. The van der Waals surface area contributed by atoms with Gasteiger partial charge in [-0.15, -0.1) is 11.3 Å². The molecule has 0 radical (unpaired) electrons. The first-order valence-electron chi connectivity index (χ1n) is 10.1. The molecule has 3 heterocycles. The van der Waals surface area contributed by atoms with Crippen LogP contribution in [-0.2, 0) is 9.59 Å². The van der Waals surface area contributed by atoms with Crippen molar-refractivity contribution in [1.82, 2.24) is 9.88 Å². The number of carbonyl (C=O) groups is 3. The van der Waals surface area contributed by atoms with Gasteiger partial charge in [0.1, 0.15) is 17.1 Å². The van der Waals surface area contributed by atoms with Gasteiger partial charge in [-0.05, 0) is 19.1 Å². The summed E-state index contributed by atoms with van der Waals surface area (Å²) >= 11 is 2.18. The number of thiazole rings is 1. The molecule has 4 atom stereocenters. The molecule has 2 aromatic rings. The third kappa shape index (κ3) is 4.38. The van der Waals surface area contributed by atoms with Crippen LogP contribution in [0.3, 0.4) is 0 Å². The molecule has 1 aromatic carbocycles. The zero-order chi connectivity index (χ0) is 24.7. The quantitative estimate of drug-likeness (QED) is 0.461. The first-order valence-corrected chi connectivity index (χ1v) is 11.8. The number of aliphatic carboxylic acids is 1. The second-order valence-electron chi connectivity index (χ2n) is 7.73. The zero-order valence-electron chi connectivity index (χ0n) is 17.8. The van der Waals surface area contributed by atoms with Gasteiger partial charge in [0.2, 0.25) is 5.91 Å². The molecule has 2 aliphatic heterocycles. The molecule has 0 spiro atoms. The molecule has 1 saturated heterocycles. The maximum atomic E-state index is 12.6. The number of β-lactam (4-membered cyclic amide) rings is 1. The van der Waals surface area contributed by atoms with Crippen LogP contribution in [0.15, 0.2) is 44.6 Å². The highest BCUT2D eigenvalue weighted by Crippen LogP contribution is 2.52. The van der Waals surface area contributed by atoms with Crippen LogP contribution in [-0.4, -0.2) is 56.6 Å². The third-order valence-electron chi connectivity index (χ3n) is 5.54. The van der Waals surface area contributed by atoms with E-state index in [2.05, 4.69) is 15.0 Å². The Morgan fingerprint density at radius 3 is 2.74 bits per heavy atom. The average Bonchev–Trinajstić information content (AvgIpc) is 3.30. The molecule has 3 N–H and O–H groups in total. The summed E-state index contributed by atoms with van der Waals surface area (Å²) < 4.78 is 29.5. The molecule has 13 heteroatoms. The van der Waals surface area contributed by atoms with Crippen molar-refractivity contribution in [3.63, 3.8) is 0 Å². The molecule has 0 aliphatic carbocycles. The van der Waals surface area contributed by atoms with E-state index in [-0.39, 0.29) is 28.7 Å². The molecule has 4 rings (SSSR count). The number of rotatable bonds is 8. The van der Waals surface area contributed by atoms with E-state index in [9.17, 15) is 33.4 Å². The lowest BCUT2D eigenvalue weighted by molar-refractivity contribution is -0.163. The summed E-state index contributed by atoms with van der Waals surface area (Å²) in [6.07, 6.45) is -0.907. The van der Waals surface area contributed by atoms with Gasteiger partial charge in [0.15, 0.2) is 4.34 Å². The van der Waals surface area contributed by atoms with Crippen LogP contribution in [0.1, 0.15) is 24.3 Å². The topological polar surface area (TPSA) is 129 Å². The van der Waals surface area contributed by atoms with Gasteiger partial charge in [0.25, 0.3) is 5.91 Å². The minimum absolute atomic E-state index is 0.0528. The largest absolute Gasteiger partial charge is 0.477 e. The SMILES string of the molecule is C[C@@H](O)[C@H]1C(=O)N2C(C(=O)O)=C(Sc3nc(C(=O)Nc4cccc(OC(F)F)c4)cs3)[C@H](C)[C@H]12. The minimum atomic E-state index is -3.00. The molecule has 180 valence electrons. The number of fused-ring (bicyclic) bond motifs is 1. The molecular weight excluding hydrogens is 492 g/mol. The number of alkyl halides is 2. The number of thioether (sulfide) groups is 1. The average molecular weight is 512 g/mol. The fraction of sp³-hybridized carbons (Fsp3) is 0.333. The highest BCUT2D eigenvalue weighted by atomic mass is 32.2. The van der Waals surface area contributed by atoms with E-state index in [0.29, 0.717) is 9.24 Å². The first-order chi connectivity index (χ1) is 16.1. The number of carbonyl (C=O) groups excluding carboxylic acids is 2. The fourth-order valence-corrected chi connectivity index (χ4v) is 6.17. The van der Waals surface area contributed by atoms with Crippen molar-refractivity contribution in [1.29, 1.82) is 0 Å². The summed E-state index contributed by atoms with van der Waals surface area (Å²) in [6.45, 7) is 0.289. The predicted octanol–water partition coefficient (Wildman–Crippen LogP) is 3.24. The molecular formula is C21H19F2N3O6S2.